The summed E-state index contributed by atoms with van der Waals surface area (Å²) in [5.74, 6) is 0.503. The molecule has 0 rings (SSSR count). The van der Waals surface area contributed by atoms with E-state index in [9.17, 15) is 19.2 Å². The van der Waals surface area contributed by atoms with Gasteiger partial charge >= 0.3 is 0 Å². The van der Waals surface area contributed by atoms with E-state index in [-0.39, 0.29) is 48.6 Å². The molecule has 0 N–H and O–H groups in total. The summed E-state index contributed by atoms with van der Waals surface area (Å²) in [5.41, 5.74) is 0. The third kappa shape index (κ3) is 25.4. The van der Waals surface area contributed by atoms with Gasteiger partial charge in [0.25, 0.3) is 0 Å². The molecule has 0 radical (unpaired) electrons. The van der Waals surface area contributed by atoms with E-state index in [1.54, 1.807) is 27.7 Å². The molecule has 0 spiro atoms. The van der Waals surface area contributed by atoms with Crippen LogP contribution in [0.3, 0.4) is 0 Å². The van der Waals surface area contributed by atoms with Crippen LogP contribution >= 0.6 is 0 Å². The minimum Gasteiger partial charge on any atom is -0.379 e. The summed E-state index contributed by atoms with van der Waals surface area (Å²) >= 11 is 0. The summed E-state index contributed by atoms with van der Waals surface area (Å²) in [7, 11) is 0. The Morgan fingerprint density at radius 2 is 0.743 bits per heavy atom. The molecular formula is C26H46O9. The largest absolute Gasteiger partial charge is 0.379 e. The third-order valence-corrected chi connectivity index (χ3v) is 4.90. The highest BCUT2D eigenvalue weighted by molar-refractivity contribution is 5.76. The van der Waals surface area contributed by atoms with Gasteiger partial charge in [-0.3, -0.25) is 0 Å². The molecule has 0 bridgehead atoms. The second-order valence-corrected chi connectivity index (χ2v) is 8.90. The maximum absolute atomic E-state index is 11.1. The van der Waals surface area contributed by atoms with Crippen molar-refractivity contribution in [3.05, 3.63) is 0 Å². The number of rotatable bonds is 26. The summed E-state index contributed by atoms with van der Waals surface area (Å²) in [5, 5.41) is 0. The van der Waals surface area contributed by atoms with Crippen molar-refractivity contribution in [3.8, 4) is 0 Å². The topological polar surface area (TPSA) is 114 Å². The quantitative estimate of drug-likeness (QED) is 0.164. The molecule has 9 heteroatoms. The van der Waals surface area contributed by atoms with E-state index in [0.717, 1.165) is 0 Å². The van der Waals surface area contributed by atoms with Crippen LogP contribution in [0.4, 0.5) is 0 Å². The molecule has 0 aliphatic rings. The van der Waals surface area contributed by atoms with Crippen molar-refractivity contribution in [1.82, 2.24) is 0 Å². The Morgan fingerprint density at radius 1 is 0.457 bits per heavy atom. The number of Topliss-reactive ketones (excluding diaryl/α,β-unsaturated/α-hetero) is 4. The molecule has 0 aliphatic heterocycles. The van der Waals surface area contributed by atoms with Crippen LogP contribution in [-0.2, 0) is 42.9 Å². The van der Waals surface area contributed by atoms with Gasteiger partial charge in [-0.1, -0.05) is 0 Å². The van der Waals surface area contributed by atoms with Crippen LogP contribution in [0, 0.1) is 0 Å². The van der Waals surface area contributed by atoms with Crippen LogP contribution in [-0.4, -0.2) is 88.2 Å². The maximum Gasteiger partial charge on any atom is 0.129 e. The summed E-state index contributed by atoms with van der Waals surface area (Å²) in [6, 6.07) is 0. The van der Waals surface area contributed by atoms with Crippen molar-refractivity contribution >= 4 is 23.1 Å². The number of hydrogen-bond donors (Lipinski definition) is 0. The second-order valence-electron chi connectivity index (χ2n) is 8.90. The molecule has 35 heavy (non-hydrogen) atoms. The first-order valence-corrected chi connectivity index (χ1v) is 12.6. The molecule has 2 unspecified atom stereocenters. The molecule has 9 nitrogen and oxygen atoms in total. The van der Waals surface area contributed by atoms with Crippen molar-refractivity contribution in [2.45, 2.75) is 91.3 Å². The summed E-state index contributed by atoms with van der Waals surface area (Å²) in [4.78, 5) is 44.4. The number of hydrogen-bond acceptors (Lipinski definition) is 9. The van der Waals surface area contributed by atoms with Crippen LogP contribution in [0.25, 0.3) is 0 Å². The van der Waals surface area contributed by atoms with Crippen molar-refractivity contribution in [2.75, 3.05) is 52.9 Å². The zero-order valence-electron chi connectivity index (χ0n) is 22.1. The molecular weight excluding hydrogens is 456 g/mol. The normalized spacial score (nSPS) is 12.9. The lowest BCUT2D eigenvalue weighted by Crippen LogP contribution is -2.31. The molecule has 0 heterocycles. The Kier molecular flexibility index (Phi) is 21.9. The highest BCUT2D eigenvalue weighted by Crippen LogP contribution is 2.05. The SMILES string of the molecule is CC(=O)CCCOCC(COCC(COCCCC(C)=O)OCCCC(C)=O)OCCCC(C)=O. The van der Waals surface area contributed by atoms with E-state index in [0.29, 0.717) is 91.0 Å². The summed E-state index contributed by atoms with van der Waals surface area (Å²) < 4.78 is 28.9. The zero-order chi connectivity index (χ0) is 26.3. The zero-order valence-corrected chi connectivity index (χ0v) is 22.1. The van der Waals surface area contributed by atoms with E-state index >= 15 is 0 Å². The van der Waals surface area contributed by atoms with Gasteiger partial charge in [0.15, 0.2) is 0 Å². The first-order valence-electron chi connectivity index (χ1n) is 12.6. The van der Waals surface area contributed by atoms with E-state index in [1.165, 1.54) is 0 Å². The minimum atomic E-state index is -0.311. The molecule has 0 aromatic heterocycles. The van der Waals surface area contributed by atoms with E-state index in [2.05, 4.69) is 0 Å². The average Bonchev–Trinajstić information content (AvgIpc) is 2.77. The molecule has 0 fully saturated rings. The number of ketones is 4. The molecule has 204 valence electrons. The monoisotopic (exact) mass is 502 g/mol. The van der Waals surface area contributed by atoms with Gasteiger partial charge in [0, 0.05) is 52.1 Å². The molecule has 0 amide bonds. The molecule has 0 aromatic rings. The fraction of sp³-hybridized carbons (Fsp3) is 0.846. The number of carbonyl (C=O) groups is 4. The fourth-order valence-electron chi connectivity index (χ4n) is 3.04. The second kappa shape index (κ2) is 22.9. The highest BCUT2D eigenvalue weighted by Gasteiger charge is 2.15. The van der Waals surface area contributed by atoms with Crippen LogP contribution in [0.15, 0.2) is 0 Å². The number of ether oxygens (including phenoxy) is 5. The van der Waals surface area contributed by atoms with Gasteiger partial charge in [-0.25, -0.2) is 0 Å². The summed E-state index contributed by atoms with van der Waals surface area (Å²) in [6.45, 7) is 9.20. The standard InChI is InChI=1S/C26H46O9/c1-21(27)9-5-13-31-17-25(34-15-7-11-23(3)29)19-33-20-26(35-16-8-12-24(4)30)18-32-14-6-10-22(2)28/h25-26H,5-20H2,1-4H3. The minimum absolute atomic E-state index is 0.120. The first kappa shape index (κ1) is 33.5. The Labute approximate surface area is 210 Å². The van der Waals surface area contributed by atoms with E-state index < -0.39 is 0 Å². The van der Waals surface area contributed by atoms with Crippen molar-refractivity contribution < 1.29 is 42.9 Å². The van der Waals surface area contributed by atoms with Crippen molar-refractivity contribution in [3.63, 3.8) is 0 Å². The highest BCUT2D eigenvalue weighted by atomic mass is 16.6. The molecule has 0 saturated heterocycles. The maximum atomic E-state index is 11.1. The lowest BCUT2D eigenvalue weighted by molar-refractivity contribution is -0.119. The van der Waals surface area contributed by atoms with Crippen LogP contribution in [0.2, 0.25) is 0 Å². The van der Waals surface area contributed by atoms with Gasteiger partial charge in [0.2, 0.25) is 0 Å². The average molecular weight is 503 g/mol. The lowest BCUT2D eigenvalue weighted by atomic mass is 10.2. The predicted octanol–water partition coefficient (Wildman–Crippen LogP) is 3.28. The van der Waals surface area contributed by atoms with Crippen molar-refractivity contribution in [2.24, 2.45) is 0 Å². The summed E-state index contributed by atoms with van der Waals surface area (Å²) in [6.07, 6.45) is 3.84. The van der Waals surface area contributed by atoms with E-state index in [4.69, 9.17) is 23.7 Å². The Bertz CT molecular complexity index is 541. The van der Waals surface area contributed by atoms with Crippen LogP contribution in [0.5, 0.6) is 0 Å². The van der Waals surface area contributed by atoms with Crippen LogP contribution in [0.1, 0.15) is 79.1 Å². The van der Waals surface area contributed by atoms with Gasteiger partial charge in [0.1, 0.15) is 35.3 Å². The fourth-order valence-corrected chi connectivity index (χ4v) is 3.04. The first-order chi connectivity index (χ1) is 16.7. The van der Waals surface area contributed by atoms with E-state index in [1.807, 2.05) is 0 Å². The molecule has 0 aromatic carbocycles. The molecule has 0 aliphatic carbocycles. The van der Waals surface area contributed by atoms with Gasteiger partial charge in [-0.15, -0.1) is 0 Å². The molecule has 0 saturated carbocycles. The number of carbonyl (C=O) groups excluding carboxylic acids is 4. The third-order valence-electron chi connectivity index (χ3n) is 4.90. The van der Waals surface area contributed by atoms with Gasteiger partial charge < -0.3 is 42.9 Å². The van der Waals surface area contributed by atoms with Crippen molar-refractivity contribution in [1.29, 1.82) is 0 Å². The molecule has 2 atom stereocenters. The Balaban J connectivity index is 4.53. The van der Waals surface area contributed by atoms with Gasteiger partial charge in [-0.05, 0) is 53.4 Å². The Morgan fingerprint density at radius 3 is 1.06 bits per heavy atom. The predicted molar refractivity (Wildman–Crippen MR) is 132 cm³/mol. The smallest absolute Gasteiger partial charge is 0.129 e. The van der Waals surface area contributed by atoms with Gasteiger partial charge in [-0.2, -0.15) is 0 Å². The van der Waals surface area contributed by atoms with Gasteiger partial charge in [0.05, 0.1) is 26.4 Å². The lowest BCUT2D eigenvalue weighted by Gasteiger charge is -2.22. The van der Waals surface area contributed by atoms with Crippen LogP contribution < -0.4 is 0 Å². The Hall–Kier alpha value is -1.52.